The van der Waals surface area contributed by atoms with E-state index >= 15 is 0 Å². The molecule has 0 spiro atoms. The fraction of sp³-hybridized carbons (Fsp3) is 1.00. The maximum atomic E-state index is 13.0. The second kappa shape index (κ2) is 5.55. The highest BCUT2D eigenvalue weighted by Crippen LogP contribution is 2.32. The van der Waals surface area contributed by atoms with E-state index in [0.717, 1.165) is 32.4 Å². The molecule has 3 rings (SSSR count). The molecule has 0 aliphatic carbocycles. The van der Waals surface area contributed by atoms with Gasteiger partial charge in [-0.2, -0.15) is 17.0 Å². The summed E-state index contributed by atoms with van der Waals surface area (Å²) in [6.07, 6.45) is 3.30. The summed E-state index contributed by atoms with van der Waals surface area (Å²) in [5.41, 5.74) is 0. The van der Waals surface area contributed by atoms with Crippen molar-refractivity contribution in [3.05, 3.63) is 0 Å². The topological polar surface area (TPSA) is 52.7 Å². The molecule has 0 aromatic heterocycles. The van der Waals surface area contributed by atoms with Crippen molar-refractivity contribution >= 4 is 10.2 Å². The van der Waals surface area contributed by atoms with Gasteiger partial charge in [-0.25, -0.2) is 0 Å². The van der Waals surface area contributed by atoms with Crippen LogP contribution in [0.1, 0.15) is 33.1 Å². The third-order valence-corrected chi connectivity index (χ3v) is 7.08. The van der Waals surface area contributed by atoms with Crippen molar-refractivity contribution in [1.29, 1.82) is 0 Å². The number of hydrogen-bond acceptors (Lipinski definition) is 3. The van der Waals surface area contributed by atoms with E-state index in [1.807, 2.05) is 0 Å². The third-order valence-electron chi connectivity index (χ3n) is 5.09. The molecule has 3 fully saturated rings. The van der Waals surface area contributed by atoms with Gasteiger partial charge in [0.1, 0.15) is 0 Å². The lowest BCUT2D eigenvalue weighted by molar-refractivity contribution is 0.173. The van der Waals surface area contributed by atoms with E-state index in [1.54, 1.807) is 8.61 Å². The summed E-state index contributed by atoms with van der Waals surface area (Å²) in [5.74, 6) is 1.45. The van der Waals surface area contributed by atoms with E-state index < -0.39 is 10.2 Å². The summed E-state index contributed by atoms with van der Waals surface area (Å²) in [7, 11) is -3.28. The molecule has 1 N–H and O–H groups in total. The van der Waals surface area contributed by atoms with E-state index in [-0.39, 0.29) is 6.04 Å². The highest BCUT2D eigenvalue weighted by Gasteiger charge is 2.44. The molecule has 3 aliphatic rings. The maximum absolute atomic E-state index is 13.0. The first kappa shape index (κ1) is 14.8. The molecule has 116 valence electrons. The standard InChI is InChI=1S/C14H27N3O2S/c1-11-6-12(2)10-16(9-11)20(18,19)17-5-3-4-13-7-15-8-14(13)17/h11-15H,3-10H2,1-2H3. The van der Waals surface area contributed by atoms with Crippen molar-refractivity contribution in [3.63, 3.8) is 0 Å². The van der Waals surface area contributed by atoms with Crippen molar-refractivity contribution in [2.24, 2.45) is 17.8 Å². The zero-order valence-electron chi connectivity index (χ0n) is 12.6. The first-order valence-electron chi connectivity index (χ1n) is 7.96. The highest BCUT2D eigenvalue weighted by molar-refractivity contribution is 7.86. The number of piperidine rings is 2. The second-order valence-corrected chi connectivity index (χ2v) is 8.89. The van der Waals surface area contributed by atoms with Crippen LogP contribution in [0.2, 0.25) is 0 Å². The Balaban J connectivity index is 1.80. The average molecular weight is 301 g/mol. The van der Waals surface area contributed by atoms with E-state index in [0.29, 0.717) is 37.4 Å². The first-order chi connectivity index (χ1) is 9.48. The summed E-state index contributed by atoms with van der Waals surface area (Å²) >= 11 is 0. The van der Waals surface area contributed by atoms with Crippen LogP contribution in [0.3, 0.4) is 0 Å². The molecule has 6 heteroatoms. The quantitative estimate of drug-likeness (QED) is 0.824. The number of nitrogens with zero attached hydrogens (tertiary/aromatic N) is 2. The van der Waals surface area contributed by atoms with Gasteiger partial charge >= 0.3 is 0 Å². The number of fused-ring (bicyclic) bond motifs is 1. The van der Waals surface area contributed by atoms with Crippen molar-refractivity contribution in [3.8, 4) is 0 Å². The summed E-state index contributed by atoms with van der Waals surface area (Å²) in [6, 6.07) is 0.182. The van der Waals surface area contributed by atoms with E-state index in [9.17, 15) is 8.42 Å². The highest BCUT2D eigenvalue weighted by atomic mass is 32.2. The normalized spacial score (nSPS) is 40.7. The van der Waals surface area contributed by atoms with Gasteiger partial charge in [0.2, 0.25) is 0 Å². The molecule has 3 heterocycles. The Labute approximate surface area is 122 Å². The predicted octanol–water partition coefficient (Wildman–Crippen LogP) is 0.893. The molecule has 0 saturated carbocycles. The Bertz CT molecular complexity index is 443. The van der Waals surface area contributed by atoms with Crippen molar-refractivity contribution < 1.29 is 8.42 Å². The summed E-state index contributed by atoms with van der Waals surface area (Å²) in [4.78, 5) is 0. The van der Waals surface area contributed by atoms with E-state index in [4.69, 9.17) is 0 Å². The van der Waals surface area contributed by atoms with Crippen molar-refractivity contribution in [2.75, 3.05) is 32.7 Å². The molecule has 0 radical (unpaired) electrons. The van der Waals surface area contributed by atoms with Crippen LogP contribution in [0.5, 0.6) is 0 Å². The second-order valence-electron chi connectivity index (χ2n) is 7.01. The minimum atomic E-state index is -3.28. The van der Waals surface area contributed by atoms with E-state index in [2.05, 4.69) is 19.2 Å². The van der Waals surface area contributed by atoms with Gasteiger partial charge in [-0.05, 0) is 43.6 Å². The molecule has 0 amide bonds. The summed E-state index contributed by atoms with van der Waals surface area (Å²) in [5, 5.41) is 3.36. The molecule has 3 aliphatic heterocycles. The Kier molecular flexibility index (Phi) is 4.10. The SMILES string of the molecule is CC1CC(C)CN(S(=O)(=O)N2CCCC3CNCC32)C1. The average Bonchev–Trinajstić information content (AvgIpc) is 2.85. The minimum absolute atomic E-state index is 0.182. The van der Waals surface area contributed by atoms with Gasteiger partial charge in [-0.3, -0.25) is 0 Å². The number of rotatable bonds is 2. The summed E-state index contributed by atoms with van der Waals surface area (Å²) < 4.78 is 29.5. The molecule has 4 atom stereocenters. The van der Waals surface area contributed by atoms with Crippen molar-refractivity contribution in [1.82, 2.24) is 13.9 Å². The first-order valence-corrected chi connectivity index (χ1v) is 9.36. The van der Waals surface area contributed by atoms with Gasteiger partial charge in [-0.1, -0.05) is 13.8 Å². The minimum Gasteiger partial charge on any atom is -0.315 e. The van der Waals surface area contributed by atoms with E-state index in [1.165, 1.54) is 0 Å². The predicted molar refractivity (Wildman–Crippen MR) is 79.5 cm³/mol. The largest absolute Gasteiger partial charge is 0.315 e. The molecule has 3 saturated heterocycles. The molecule has 0 aromatic carbocycles. The molecule has 0 aromatic rings. The molecule has 5 nitrogen and oxygen atoms in total. The fourth-order valence-corrected chi connectivity index (χ4v) is 6.39. The Hall–Kier alpha value is -0.170. The van der Waals surface area contributed by atoms with Crippen LogP contribution in [0.25, 0.3) is 0 Å². The molecule has 20 heavy (non-hydrogen) atoms. The van der Waals surface area contributed by atoms with Crippen LogP contribution in [0.15, 0.2) is 0 Å². The van der Waals surface area contributed by atoms with Crippen LogP contribution < -0.4 is 5.32 Å². The van der Waals surface area contributed by atoms with Gasteiger partial charge < -0.3 is 5.32 Å². The lowest BCUT2D eigenvalue weighted by Gasteiger charge is -2.42. The van der Waals surface area contributed by atoms with Crippen LogP contribution >= 0.6 is 0 Å². The zero-order valence-corrected chi connectivity index (χ0v) is 13.4. The summed E-state index contributed by atoms with van der Waals surface area (Å²) in [6.45, 7) is 8.20. The Morgan fingerprint density at radius 3 is 2.50 bits per heavy atom. The molecule has 4 unspecified atom stereocenters. The molecular weight excluding hydrogens is 274 g/mol. The third kappa shape index (κ3) is 2.63. The van der Waals surface area contributed by atoms with Crippen LogP contribution in [0, 0.1) is 17.8 Å². The molecule has 0 bridgehead atoms. The lowest BCUT2D eigenvalue weighted by atomic mass is 9.94. The van der Waals surface area contributed by atoms with Crippen LogP contribution in [-0.4, -0.2) is 55.8 Å². The Morgan fingerprint density at radius 2 is 1.80 bits per heavy atom. The monoisotopic (exact) mass is 301 g/mol. The zero-order chi connectivity index (χ0) is 14.3. The Morgan fingerprint density at radius 1 is 1.10 bits per heavy atom. The van der Waals surface area contributed by atoms with Crippen LogP contribution in [0.4, 0.5) is 0 Å². The van der Waals surface area contributed by atoms with Gasteiger partial charge in [0, 0.05) is 32.2 Å². The molecular formula is C14H27N3O2S. The van der Waals surface area contributed by atoms with Gasteiger partial charge in [-0.15, -0.1) is 0 Å². The van der Waals surface area contributed by atoms with Gasteiger partial charge in [0.15, 0.2) is 0 Å². The van der Waals surface area contributed by atoms with Crippen molar-refractivity contribution in [2.45, 2.75) is 39.2 Å². The smallest absolute Gasteiger partial charge is 0.282 e. The number of nitrogens with one attached hydrogen (secondary N) is 1. The lowest BCUT2D eigenvalue weighted by Crippen LogP contribution is -2.56. The van der Waals surface area contributed by atoms with Gasteiger partial charge in [0.05, 0.1) is 0 Å². The van der Waals surface area contributed by atoms with Crippen LogP contribution in [-0.2, 0) is 10.2 Å². The van der Waals surface area contributed by atoms with Gasteiger partial charge in [0.25, 0.3) is 10.2 Å². The fourth-order valence-electron chi connectivity index (χ4n) is 4.25. The number of hydrogen-bond donors (Lipinski definition) is 1. The maximum Gasteiger partial charge on any atom is 0.282 e.